The second-order valence-corrected chi connectivity index (χ2v) is 10.3. The maximum atomic E-state index is 12.9. The summed E-state index contributed by atoms with van der Waals surface area (Å²) in [5.41, 5.74) is 1.97. The molecule has 2 heterocycles. The van der Waals surface area contributed by atoms with Crippen molar-refractivity contribution >= 4 is 25.7 Å². The predicted octanol–water partition coefficient (Wildman–Crippen LogP) is 1.66. The van der Waals surface area contributed by atoms with E-state index in [1.807, 2.05) is 6.92 Å². The number of aromatic nitrogens is 2. The van der Waals surface area contributed by atoms with Crippen molar-refractivity contribution in [1.82, 2.24) is 14.5 Å². The summed E-state index contributed by atoms with van der Waals surface area (Å²) in [6, 6.07) is 6.77. The molecule has 2 N–H and O–H groups in total. The number of piperidine rings is 1. The summed E-state index contributed by atoms with van der Waals surface area (Å²) in [7, 11) is -7.03. The SMILES string of the molecule is Cc1ccc(S(=O)(=O)N2CCCC(c3[nH]ncc3NS(C)(=O)=O)C2)cc1. The number of nitrogens with one attached hydrogen (secondary N) is 2. The largest absolute Gasteiger partial charge is 0.280 e. The van der Waals surface area contributed by atoms with E-state index in [0.29, 0.717) is 24.3 Å². The quantitative estimate of drug-likeness (QED) is 0.795. The van der Waals surface area contributed by atoms with Crippen LogP contribution >= 0.6 is 0 Å². The van der Waals surface area contributed by atoms with E-state index in [-0.39, 0.29) is 17.4 Å². The van der Waals surface area contributed by atoms with Gasteiger partial charge in [-0.1, -0.05) is 17.7 Å². The molecule has 1 fully saturated rings. The van der Waals surface area contributed by atoms with Crippen LogP contribution in [0.25, 0.3) is 0 Å². The molecule has 1 aliphatic rings. The first-order chi connectivity index (χ1) is 12.2. The molecule has 0 radical (unpaired) electrons. The Hall–Kier alpha value is -1.91. The standard InChI is InChI=1S/C16H22N4O4S2/c1-12-5-7-14(8-6-12)26(23,24)20-9-3-4-13(11-20)16-15(10-17-18-16)19-25(2,21)22/h5-8,10,13,19H,3-4,9,11H2,1-2H3,(H,17,18). The third kappa shape index (κ3) is 4.08. The first-order valence-corrected chi connectivity index (χ1v) is 11.6. The van der Waals surface area contributed by atoms with Gasteiger partial charge >= 0.3 is 0 Å². The summed E-state index contributed by atoms with van der Waals surface area (Å²) >= 11 is 0. The monoisotopic (exact) mass is 398 g/mol. The van der Waals surface area contributed by atoms with Crippen molar-refractivity contribution in [2.45, 2.75) is 30.6 Å². The van der Waals surface area contributed by atoms with E-state index >= 15 is 0 Å². The Kier molecular flexibility index (Phi) is 5.09. The van der Waals surface area contributed by atoms with Crippen molar-refractivity contribution in [2.24, 2.45) is 0 Å². The molecule has 1 atom stereocenters. The summed E-state index contributed by atoms with van der Waals surface area (Å²) in [5.74, 6) is -0.157. The van der Waals surface area contributed by atoms with Crippen LogP contribution in [-0.2, 0) is 20.0 Å². The lowest BCUT2D eigenvalue weighted by Crippen LogP contribution is -2.39. The maximum Gasteiger partial charge on any atom is 0.243 e. The van der Waals surface area contributed by atoms with E-state index in [2.05, 4.69) is 14.9 Å². The average molecular weight is 399 g/mol. The van der Waals surface area contributed by atoms with Crippen LogP contribution in [0.1, 0.15) is 30.0 Å². The lowest BCUT2D eigenvalue weighted by Gasteiger charge is -2.31. The third-order valence-electron chi connectivity index (χ3n) is 4.42. The van der Waals surface area contributed by atoms with Crippen LogP contribution in [-0.4, -0.2) is 50.7 Å². The van der Waals surface area contributed by atoms with Gasteiger partial charge in [-0.3, -0.25) is 9.82 Å². The van der Waals surface area contributed by atoms with E-state index in [1.165, 1.54) is 10.5 Å². The first-order valence-electron chi connectivity index (χ1n) is 8.25. The number of hydrogen-bond donors (Lipinski definition) is 2. The highest BCUT2D eigenvalue weighted by molar-refractivity contribution is 7.92. The minimum Gasteiger partial charge on any atom is -0.280 e. The zero-order chi connectivity index (χ0) is 18.9. The summed E-state index contributed by atoms with van der Waals surface area (Å²) in [5, 5.41) is 6.74. The lowest BCUT2D eigenvalue weighted by molar-refractivity contribution is 0.313. The molecule has 1 saturated heterocycles. The van der Waals surface area contributed by atoms with Crippen molar-refractivity contribution in [3.8, 4) is 0 Å². The average Bonchev–Trinajstić information content (AvgIpc) is 3.01. The number of hydrogen-bond acceptors (Lipinski definition) is 5. The van der Waals surface area contributed by atoms with Gasteiger partial charge in [0.15, 0.2) is 0 Å². The Morgan fingerprint density at radius 1 is 1.19 bits per heavy atom. The van der Waals surface area contributed by atoms with Crippen LogP contribution in [0.15, 0.2) is 35.4 Å². The fraction of sp³-hybridized carbons (Fsp3) is 0.438. The normalized spacial score (nSPS) is 19.4. The molecule has 26 heavy (non-hydrogen) atoms. The van der Waals surface area contributed by atoms with Crippen molar-refractivity contribution in [3.05, 3.63) is 41.7 Å². The molecule has 1 unspecified atom stereocenters. The molecule has 10 heteroatoms. The number of anilines is 1. The van der Waals surface area contributed by atoms with E-state index < -0.39 is 20.0 Å². The molecule has 0 amide bonds. The third-order valence-corrected chi connectivity index (χ3v) is 6.89. The first kappa shape index (κ1) is 18.9. The van der Waals surface area contributed by atoms with Crippen molar-refractivity contribution < 1.29 is 16.8 Å². The van der Waals surface area contributed by atoms with E-state index in [9.17, 15) is 16.8 Å². The minimum absolute atomic E-state index is 0.157. The smallest absolute Gasteiger partial charge is 0.243 e. The Morgan fingerprint density at radius 3 is 2.54 bits per heavy atom. The Balaban J connectivity index is 1.84. The van der Waals surface area contributed by atoms with Gasteiger partial charge in [0, 0.05) is 19.0 Å². The number of rotatable bonds is 5. The van der Waals surface area contributed by atoms with Crippen LogP contribution < -0.4 is 4.72 Å². The highest BCUT2D eigenvalue weighted by atomic mass is 32.2. The maximum absolute atomic E-state index is 12.9. The Bertz CT molecular complexity index is 982. The number of aryl methyl sites for hydroxylation is 1. The molecule has 2 aromatic rings. The van der Waals surface area contributed by atoms with Gasteiger partial charge in [-0.05, 0) is 31.9 Å². The number of aromatic amines is 1. The zero-order valence-electron chi connectivity index (χ0n) is 14.6. The van der Waals surface area contributed by atoms with Crippen LogP contribution in [0, 0.1) is 6.92 Å². The Morgan fingerprint density at radius 2 is 1.88 bits per heavy atom. The second kappa shape index (κ2) is 7.01. The molecular formula is C16H22N4O4S2. The number of H-pyrrole nitrogens is 1. The van der Waals surface area contributed by atoms with Gasteiger partial charge in [-0.2, -0.15) is 9.40 Å². The second-order valence-electron chi connectivity index (χ2n) is 6.59. The van der Waals surface area contributed by atoms with E-state index in [0.717, 1.165) is 18.2 Å². The summed E-state index contributed by atoms with van der Waals surface area (Å²) < 4.78 is 52.7. The lowest BCUT2D eigenvalue weighted by atomic mass is 9.95. The van der Waals surface area contributed by atoms with Gasteiger partial charge in [0.1, 0.15) is 0 Å². The highest BCUT2D eigenvalue weighted by Crippen LogP contribution is 2.33. The van der Waals surface area contributed by atoms with Crippen LogP contribution in [0.4, 0.5) is 5.69 Å². The molecule has 1 aliphatic heterocycles. The van der Waals surface area contributed by atoms with Gasteiger partial charge < -0.3 is 0 Å². The molecule has 1 aromatic heterocycles. The molecule has 0 saturated carbocycles. The summed E-state index contributed by atoms with van der Waals surface area (Å²) in [6.07, 6.45) is 3.91. The van der Waals surface area contributed by atoms with E-state index in [1.54, 1.807) is 24.3 Å². The van der Waals surface area contributed by atoms with Gasteiger partial charge in [0.2, 0.25) is 20.0 Å². The molecule has 0 bridgehead atoms. The minimum atomic E-state index is -3.59. The fourth-order valence-electron chi connectivity index (χ4n) is 3.14. The Labute approximate surface area is 153 Å². The number of sulfonamides is 2. The van der Waals surface area contributed by atoms with Gasteiger partial charge in [-0.15, -0.1) is 0 Å². The molecule has 8 nitrogen and oxygen atoms in total. The van der Waals surface area contributed by atoms with Crippen molar-refractivity contribution in [1.29, 1.82) is 0 Å². The molecule has 3 rings (SSSR count). The van der Waals surface area contributed by atoms with Crippen molar-refractivity contribution in [3.63, 3.8) is 0 Å². The van der Waals surface area contributed by atoms with Crippen LogP contribution in [0.5, 0.6) is 0 Å². The van der Waals surface area contributed by atoms with Gasteiger partial charge in [0.05, 0.1) is 28.7 Å². The van der Waals surface area contributed by atoms with Gasteiger partial charge in [-0.25, -0.2) is 16.8 Å². The number of benzene rings is 1. The zero-order valence-corrected chi connectivity index (χ0v) is 16.3. The molecule has 0 spiro atoms. The fourth-order valence-corrected chi connectivity index (χ4v) is 5.23. The van der Waals surface area contributed by atoms with Crippen molar-refractivity contribution in [2.75, 3.05) is 24.1 Å². The molecule has 0 aliphatic carbocycles. The van der Waals surface area contributed by atoms with E-state index in [4.69, 9.17) is 0 Å². The van der Waals surface area contributed by atoms with Crippen LogP contribution in [0.3, 0.4) is 0 Å². The highest BCUT2D eigenvalue weighted by Gasteiger charge is 2.32. The summed E-state index contributed by atoms with van der Waals surface area (Å²) in [4.78, 5) is 0.267. The predicted molar refractivity (Wildman–Crippen MR) is 99.0 cm³/mol. The molecule has 142 valence electrons. The van der Waals surface area contributed by atoms with Gasteiger partial charge in [0.25, 0.3) is 0 Å². The summed E-state index contributed by atoms with van der Waals surface area (Å²) in [6.45, 7) is 2.62. The molecular weight excluding hydrogens is 376 g/mol. The van der Waals surface area contributed by atoms with Crippen LogP contribution in [0.2, 0.25) is 0 Å². The molecule has 1 aromatic carbocycles. The number of nitrogens with zero attached hydrogens (tertiary/aromatic N) is 2. The topological polar surface area (TPSA) is 112 Å².